The fraction of sp³-hybridized carbons (Fsp3) is 0.267. The smallest absolute Gasteiger partial charge is 0.253 e. The Bertz CT molecular complexity index is 533. The fourth-order valence-corrected chi connectivity index (χ4v) is 2.11. The summed E-state index contributed by atoms with van der Waals surface area (Å²) >= 11 is 6.01. The molecule has 18 heavy (non-hydrogen) atoms. The van der Waals surface area contributed by atoms with Gasteiger partial charge in [0.2, 0.25) is 0 Å². The molecule has 1 aromatic carbocycles. The highest BCUT2D eigenvalue weighted by Gasteiger charge is 2.25. The van der Waals surface area contributed by atoms with Crippen LogP contribution < -0.4 is 5.32 Å². The maximum atomic E-state index is 12.2. The molecule has 0 saturated heterocycles. The maximum Gasteiger partial charge on any atom is 0.253 e. The number of hydrogen-bond acceptors (Lipinski definition) is 1. The second-order valence-electron chi connectivity index (χ2n) is 4.84. The van der Waals surface area contributed by atoms with Crippen LogP contribution in [0.4, 0.5) is 0 Å². The first-order valence-corrected chi connectivity index (χ1v) is 6.31. The molecule has 0 bridgehead atoms. The number of hydrogen-bond donors (Lipinski definition) is 1. The summed E-state index contributed by atoms with van der Waals surface area (Å²) in [4.78, 5) is 12.2. The van der Waals surface area contributed by atoms with E-state index in [2.05, 4.69) is 11.4 Å². The molecule has 0 heterocycles. The first kappa shape index (κ1) is 12.9. The van der Waals surface area contributed by atoms with Crippen molar-refractivity contribution in [2.24, 2.45) is 0 Å². The van der Waals surface area contributed by atoms with Crippen molar-refractivity contribution in [3.63, 3.8) is 0 Å². The van der Waals surface area contributed by atoms with E-state index in [1.54, 1.807) is 12.1 Å². The third-order valence-corrected chi connectivity index (χ3v) is 3.41. The Kier molecular flexibility index (Phi) is 3.58. The first-order valence-electron chi connectivity index (χ1n) is 5.93. The van der Waals surface area contributed by atoms with E-state index in [4.69, 9.17) is 11.6 Å². The highest BCUT2D eigenvalue weighted by molar-refractivity contribution is 6.33. The first-order chi connectivity index (χ1) is 8.50. The molecule has 2 rings (SSSR count). The molecular weight excluding hydrogens is 246 g/mol. The van der Waals surface area contributed by atoms with Crippen LogP contribution in [0.3, 0.4) is 0 Å². The molecule has 0 spiro atoms. The zero-order chi connectivity index (χ0) is 13.2. The van der Waals surface area contributed by atoms with Gasteiger partial charge in [0, 0.05) is 0 Å². The van der Waals surface area contributed by atoms with Gasteiger partial charge in [0.15, 0.2) is 0 Å². The van der Waals surface area contributed by atoms with E-state index < -0.39 is 0 Å². The van der Waals surface area contributed by atoms with Crippen LogP contribution in [0, 0.1) is 0 Å². The molecule has 1 amide bonds. The van der Waals surface area contributed by atoms with Crippen LogP contribution in [0.1, 0.15) is 30.6 Å². The van der Waals surface area contributed by atoms with Crippen molar-refractivity contribution in [2.75, 3.05) is 0 Å². The normalized spacial score (nSPS) is 22.5. The summed E-state index contributed by atoms with van der Waals surface area (Å²) in [7, 11) is 0. The molecule has 94 valence electrons. The van der Waals surface area contributed by atoms with Crippen LogP contribution in [-0.4, -0.2) is 11.4 Å². The van der Waals surface area contributed by atoms with Crippen molar-refractivity contribution in [2.45, 2.75) is 25.8 Å². The lowest BCUT2D eigenvalue weighted by atomic mass is 9.90. The van der Waals surface area contributed by atoms with Crippen LogP contribution in [-0.2, 0) is 0 Å². The van der Waals surface area contributed by atoms with E-state index in [1.165, 1.54) is 5.57 Å². The zero-order valence-corrected chi connectivity index (χ0v) is 11.3. The number of rotatable bonds is 2. The van der Waals surface area contributed by atoms with Crippen molar-refractivity contribution in [1.82, 2.24) is 5.32 Å². The van der Waals surface area contributed by atoms with E-state index in [9.17, 15) is 4.79 Å². The number of amides is 1. The van der Waals surface area contributed by atoms with Gasteiger partial charge in [-0.1, -0.05) is 47.5 Å². The molecule has 1 aliphatic carbocycles. The van der Waals surface area contributed by atoms with Crippen LogP contribution >= 0.6 is 11.6 Å². The average Bonchev–Trinajstić information content (AvgIpc) is 2.34. The standard InChI is InChI=1S/C15H16ClNO/c1-11-7-9-15(2,10-8-11)17-14(18)12-5-3-4-6-13(12)16/h3-9H,10H2,1-2H3,(H,17,18). The third kappa shape index (κ3) is 2.82. The largest absolute Gasteiger partial charge is 0.343 e. The molecule has 3 heteroatoms. The predicted molar refractivity (Wildman–Crippen MR) is 74.8 cm³/mol. The number of halogens is 1. The van der Waals surface area contributed by atoms with E-state index in [0.29, 0.717) is 10.6 Å². The SMILES string of the molecule is CC1=CCC(C)(NC(=O)c2ccccc2Cl)C=C1. The van der Waals surface area contributed by atoms with E-state index in [-0.39, 0.29) is 11.4 Å². The van der Waals surface area contributed by atoms with Gasteiger partial charge in [-0.05, 0) is 32.4 Å². The summed E-state index contributed by atoms with van der Waals surface area (Å²) in [5.74, 6) is -0.138. The van der Waals surface area contributed by atoms with Crippen molar-refractivity contribution in [3.05, 3.63) is 58.7 Å². The minimum atomic E-state index is -0.338. The van der Waals surface area contributed by atoms with Crippen molar-refractivity contribution in [3.8, 4) is 0 Å². The van der Waals surface area contributed by atoms with Crippen LogP contribution in [0.5, 0.6) is 0 Å². The number of benzene rings is 1. The van der Waals surface area contributed by atoms with Gasteiger partial charge in [0.25, 0.3) is 5.91 Å². The van der Waals surface area contributed by atoms with Crippen molar-refractivity contribution >= 4 is 17.5 Å². The third-order valence-electron chi connectivity index (χ3n) is 3.08. The van der Waals surface area contributed by atoms with Crippen LogP contribution in [0.15, 0.2) is 48.1 Å². The molecule has 1 aliphatic rings. The Morgan fingerprint density at radius 1 is 1.39 bits per heavy atom. The van der Waals surface area contributed by atoms with E-state index in [1.807, 2.05) is 38.1 Å². The minimum Gasteiger partial charge on any atom is -0.343 e. The maximum absolute atomic E-state index is 12.2. The van der Waals surface area contributed by atoms with E-state index >= 15 is 0 Å². The zero-order valence-electron chi connectivity index (χ0n) is 10.5. The molecule has 0 aliphatic heterocycles. The molecule has 0 aromatic heterocycles. The number of carbonyl (C=O) groups excluding carboxylic acids is 1. The number of carbonyl (C=O) groups is 1. The molecule has 0 fully saturated rings. The van der Waals surface area contributed by atoms with Gasteiger partial charge >= 0.3 is 0 Å². The molecule has 1 aromatic rings. The highest BCUT2D eigenvalue weighted by atomic mass is 35.5. The summed E-state index contributed by atoms with van der Waals surface area (Å²) in [5.41, 5.74) is 1.40. The fourth-order valence-electron chi connectivity index (χ4n) is 1.89. The Balaban J connectivity index is 2.14. The van der Waals surface area contributed by atoms with Gasteiger partial charge in [0.1, 0.15) is 0 Å². The van der Waals surface area contributed by atoms with Crippen molar-refractivity contribution < 1.29 is 4.79 Å². The number of allylic oxidation sites excluding steroid dienone is 2. The summed E-state index contributed by atoms with van der Waals surface area (Å²) in [6.07, 6.45) is 6.96. The second-order valence-corrected chi connectivity index (χ2v) is 5.24. The van der Waals surface area contributed by atoms with Gasteiger partial charge < -0.3 is 5.32 Å². The van der Waals surface area contributed by atoms with Crippen LogP contribution in [0.2, 0.25) is 5.02 Å². The molecule has 0 radical (unpaired) electrons. The lowest BCUT2D eigenvalue weighted by Crippen LogP contribution is -2.44. The predicted octanol–water partition coefficient (Wildman–Crippen LogP) is 3.73. The molecular formula is C15H16ClNO. The molecule has 0 saturated carbocycles. The van der Waals surface area contributed by atoms with Crippen LogP contribution in [0.25, 0.3) is 0 Å². The molecule has 1 atom stereocenters. The molecule has 1 N–H and O–H groups in total. The highest BCUT2D eigenvalue weighted by Crippen LogP contribution is 2.22. The molecule has 1 unspecified atom stereocenters. The van der Waals surface area contributed by atoms with Gasteiger partial charge in [-0.15, -0.1) is 0 Å². The summed E-state index contributed by atoms with van der Waals surface area (Å²) in [6.45, 7) is 4.05. The van der Waals surface area contributed by atoms with Gasteiger partial charge in [-0.25, -0.2) is 0 Å². The van der Waals surface area contributed by atoms with Gasteiger partial charge in [-0.2, -0.15) is 0 Å². The monoisotopic (exact) mass is 261 g/mol. The van der Waals surface area contributed by atoms with E-state index in [0.717, 1.165) is 6.42 Å². The lowest BCUT2D eigenvalue weighted by molar-refractivity contribution is 0.0922. The summed E-state index contributed by atoms with van der Waals surface area (Å²) in [6, 6.07) is 7.07. The quantitative estimate of drug-likeness (QED) is 0.863. The Morgan fingerprint density at radius 2 is 2.11 bits per heavy atom. The van der Waals surface area contributed by atoms with Crippen molar-refractivity contribution in [1.29, 1.82) is 0 Å². The minimum absolute atomic E-state index is 0.138. The van der Waals surface area contributed by atoms with Gasteiger partial charge in [-0.3, -0.25) is 4.79 Å². The Hall–Kier alpha value is -1.54. The topological polar surface area (TPSA) is 29.1 Å². The number of nitrogens with one attached hydrogen (secondary N) is 1. The second kappa shape index (κ2) is 4.99. The Labute approximate surface area is 112 Å². The van der Waals surface area contributed by atoms with Gasteiger partial charge in [0.05, 0.1) is 16.1 Å². The summed E-state index contributed by atoms with van der Waals surface area (Å²) in [5, 5.41) is 3.50. The summed E-state index contributed by atoms with van der Waals surface area (Å²) < 4.78 is 0. The molecule has 2 nitrogen and oxygen atoms in total. The average molecular weight is 262 g/mol. The Morgan fingerprint density at radius 3 is 2.72 bits per heavy atom. The lowest BCUT2D eigenvalue weighted by Gasteiger charge is -2.29.